The first-order valence-electron chi connectivity index (χ1n) is 8.66. The highest BCUT2D eigenvalue weighted by molar-refractivity contribution is 5.59. The van der Waals surface area contributed by atoms with Crippen molar-refractivity contribution in [2.75, 3.05) is 23.3 Å². The molecule has 1 fully saturated rings. The van der Waals surface area contributed by atoms with Crippen LogP contribution in [0.25, 0.3) is 0 Å². The fraction of sp³-hybridized carbons (Fsp3) is 0.316. The van der Waals surface area contributed by atoms with E-state index in [1.165, 1.54) is 12.1 Å². The molecule has 2 aromatic heterocycles. The van der Waals surface area contributed by atoms with E-state index in [1.54, 1.807) is 6.33 Å². The van der Waals surface area contributed by atoms with Gasteiger partial charge >= 0.3 is 0 Å². The highest BCUT2D eigenvalue weighted by Gasteiger charge is 2.24. The average Bonchev–Trinajstić information content (AvgIpc) is 3.09. The number of rotatable bonds is 4. The molecule has 1 N–H and O–H groups in total. The number of benzene rings is 1. The van der Waals surface area contributed by atoms with Gasteiger partial charge in [0.25, 0.3) is 0 Å². The molecule has 6 nitrogen and oxygen atoms in total. The molecular formula is C19H22N6. The number of aryl methyl sites for hydroxylation is 1. The van der Waals surface area contributed by atoms with Crippen LogP contribution in [0.5, 0.6) is 0 Å². The predicted molar refractivity (Wildman–Crippen MR) is 99.2 cm³/mol. The van der Waals surface area contributed by atoms with Gasteiger partial charge in [-0.25, -0.2) is 9.97 Å². The zero-order valence-corrected chi connectivity index (χ0v) is 14.3. The van der Waals surface area contributed by atoms with Gasteiger partial charge in [0.1, 0.15) is 18.0 Å². The van der Waals surface area contributed by atoms with Gasteiger partial charge in [0.2, 0.25) is 0 Å². The minimum absolute atomic E-state index is 0.454. The second-order valence-electron chi connectivity index (χ2n) is 6.45. The van der Waals surface area contributed by atoms with E-state index in [1.807, 2.05) is 54.3 Å². The first-order chi connectivity index (χ1) is 12.3. The lowest BCUT2D eigenvalue weighted by Gasteiger charge is -2.32. The van der Waals surface area contributed by atoms with Crippen molar-refractivity contribution < 1.29 is 0 Å². The second-order valence-corrected chi connectivity index (χ2v) is 6.45. The maximum absolute atomic E-state index is 4.58. The molecule has 25 heavy (non-hydrogen) atoms. The van der Waals surface area contributed by atoms with Gasteiger partial charge in [0.05, 0.1) is 5.69 Å². The van der Waals surface area contributed by atoms with Gasteiger partial charge in [-0.15, -0.1) is 0 Å². The van der Waals surface area contributed by atoms with Crippen molar-refractivity contribution in [2.24, 2.45) is 7.05 Å². The van der Waals surface area contributed by atoms with Crippen molar-refractivity contribution in [1.29, 1.82) is 0 Å². The van der Waals surface area contributed by atoms with E-state index in [-0.39, 0.29) is 0 Å². The zero-order valence-electron chi connectivity index (χ0n) is 14.3. The summed E-state index contributed by atoms with van der Waals surface area (Å²) in [4.78, 5) is 11.2. The van der Waals surface area contributed by atoms with E-state index in [0.717, 1.165) is 36.8 Å². The number of hydrogen-bond acceptors (Lipinski definition) is 5. The summed E-state index contributed by atoms with van der Waals surface area (Å²) in [6.45, 7) is 1.96. The number of nitrogens with zero attached hydrogens (tertiary/aromatic N) is 5. The summed E-state index contributed by atoms with van der Waals surface area (Å²) < 4.78 is 1.88. The normalized spacial score (nSPS) is 17.5. The third-order valence-corrected chi connectivity index (χ3v) is 4.60. The Labute approximate surface area is 147 Å². The number of para-hydroxylation sites is 1. The smallest absolute Gasteiger partial charge is 0.135 e. The van der Waals surface area contributed by atoms with Crippen LogP contribution in [0.4, 0.5) is 17.3 Å². The summed E-state index contributed by atoms with van der Waals surface area (Å²) in [5, 5.41) is 7.92. The van der Waals surface area contributed by atoms with Gasteiger partial charge in [0, 0.05) is 44.0 Å². The zero-order chi connectivity index (χ0) is 17.1. The molecule has 3 aromatic rings. The SMILES string of the molecule is Cn1ccc(C2CCCN(c3cc(Nc4ccccc4)ncn3)C2)n1. The first kappa shape index (κ1) is 15.6. The lowest BCUT2D eigenvalue weighted by atomic mass is 9.95. The molecule has 1 saturated heterocycles. The highest BCUT2D eigenvalue weighted by atomic mass is 15.3. The lowest BCUT2D eigenvalue weighted by Crippen LogP contribution is -2.35. The average molecular weight is 334 g/mol. The number of piperidine rings is 1. The van der Waals surface area contributed by atoms with Gasteiger partial charge in [-0.2, -0.15) is 5.10 Å². The quantitative estimate of drug-likeness (QED) is 0.793. The number of aromatic nitrogens is 4. The van der Waals surface area contributed by atoms with Gasteiger partial charge in [0.15, 0.2) is 0 Å². The second kappa shape index (κ2) is 6.93. The van der Waals surface area contributed by atoms with E-state index < -0.39 is 0 Å². The highest BCUT2D eigenvalue weighted by Crippen LogP contribution is 2.29. The number of hydrogen-bond donors (Lipinski definition) is 1. The summed E-state index contributed by atoms with van der Waals surface area (Å²) in [5.41, 5.74) is 2.20. The van der Waals surface area contributed by atoms with Crippen molar-refractivity contribution in [1.82, 2.24) is 19.7 Å². The largest absolute Gasteiger partial charge is 0.356 e. The Bertz CT molecular complexity index is 829. The molecule has 1 aliphatic heterocycles. The molecular weight excluding hydrogens is 312 g/mol. The molecule has 0 aliphatic carbocycles. The standard InChI is InChI=1S/C19H22N6/c1-24-11-9-17(23-24)15-6-5-10-25(13-15)19-12-18(20-14-21-19)22-16-7-3-2-4-8-16/h2-4,7-9,11-12,14-15H,5-6,10,13H2,1H3,(H,20,21,22). The van der Waals surface area contributed by atoms with Gasteiger partial charge in [-0.3, -0.25) is 4.68 Å². The Morgan fingerprint density at radius 2 is 2.00 bits per heavy atom. The predicted octanol–water partition coefficient (Wildman–Crippen LogP) is 3.34. The summed E-state index contributed by atoms with van der Waals surface area (Å²) in [7, 11) is 1.97. The van der Waals surface area contributed by atoms with E-state index >= 15 is 0 Å². The molecule has 0 amide bonds. The molecule has 6 heteroatoms. The first-order valence-corrected chi connectivity index (χ1v) is 8.66. The van der Waals surface area contributed by atoms with Crippen molar-refractivity contribution in [3.63, 3.8) is 0 Å². The van der Waals surface area contributed by atoms with Crippen LogP contribution in [0.3, 0.4) is 0 Å². The third-order valence-electron chi connectivity index (χ3n) is 4.60. The summed E-state index contributed by atoms with van der Waals surface area (Å²) in [6, 6.07) is 14.2. The van der Waals surface area contributed by atoms with Gasteiger partial charge < -0.3 is 10.2 Å². The summed E-state index contributed by atoms with van der Waals surface area (Å²) in [5.74, 6) is 2.24. The fourth-order valence-corrected chi connectivity index (χ4v) is 3.34. The molecule has 1 aliphatic rings. The van der Waals surface area contributed by atoms with E-state index in [4.69, 9.17) is 0 Å². The molecule has 0 radical (unpaired) electrons. The summed E-state index contributed by atoms with van der Waals surface area (Å²) >= 11 is 0. The Kier molecular flexibility index (Phi) is 4.33. The van der Waals surface area contributed by atoms with Crippen molar-refractivity contribution in [3.05, 3.63) is 60.7 Å². The van der Waals surface area contributed by atoms with Crippen LogP contribution < -0.4 is 10.2 Å². The number of nitrogens with one attached hydrogen (secondary N) is 1. The van der Waals surface area contributed by atoms with E-state index in [2.05, 4.69) is 31.3 Å². The van der Waals surface area contributed by atoms with Crippen molar-refractivity contribution in [2.45, 2.75) is 18.8 Å². The van der Waals surface area contributed by atoms with Crippen molar-refractivity contribution >= 4 is 17.3 Å². The minimum Gasteiger partial charge on any atom is -0.356 e. The molecule has 4 rings (SSSR count). The van der Waals surface area contributed by atoms with Gasteiger partial charge in [-0.05, 0) is 31.0 Å². The fourth-order valence-electron chi connectivity index (χ4n) is 3.34. The van der Waals surface area contributed by atoms with Crippen LogP contribution in [0.2, 0.25) is 0 Å². The Morgan fingerprint density at radius 3 is 2.80 bits per heavy atom. The van der Waals surface area contributed by atoms with Gasteiger partial charge in [-0.1, -0.05) is 18.2 Å². The van der Waals surface area contributed by atoms with E-state index in [0.29, 0.717) is 5.92 Å². The molecule has 0 spiro atoms. The molecule has 1 atom stereocenters. The Morgan fingerprint density at radius 1 is 1.12 bits per heavy atom. The van der Waals surface area contributed by atoms with E-state index in [9.17, 15) is 0 Å². The topological polar surface area (TPSA) is 58.9 Å². The monoisotopic (exact) mass is 334 g/mol. The molecule has 128 valence electrons. The van der Waals surface area contributed by atoms with Crippen molar-refractivity contribution in [3.8, 4) is 0 Å². The minimum atomic E-state index is 0.454. The molecule has 1 aromatic carbocycles. The van der Waals surface area contributed by atoms with Crippen LogP contribution >= 0.6 is 0 Å². The molecule has 0 bridgehead atoms. The lowest BCUT2D eigenvalue weighted by molar-refractivity contribution is 0.493. The maximum atomic E-state index is 4.58. The molecule has 0 saturated carbocycles. The Balaban J connectivity index is 1.50. The van der Waals surface area contributed by atoms with Crippen LogP contribution in [-0.4, -0.2) is 32.8 Å². The third kappa shape index (κ3) is 3.63. The molecule has 3 heterocycles. The van der Waals surface area contributed by atoms with Crippen LogP contribution in [0.1, 0.15) is 24.5 Å². The number of anilines is 3. The summed E-state index contributed by atoms with van der Waals surface area (Å²) in [6.07, 6.45) is 5.96. The van der Waals surface area contributed by atoms with Crippen LogP contribution in [-0.2, 0) is 7.05 Å². The van der Waals surface area contributed by atoms with Crippen LogP contribution in [0.15, 0.2) is 55.0 Å². The molecule has 1 unspecified atom stereocenters. The van der Waals surface area contributed by atoms with Crippen LogP contribution in [0, 0.1) is 0 Å². The Hall–Kier alpha value is -2.89. The maximum Gasteiger partial charge on any atom is 0.135 e.